The summed E-state index contributed by atoms with van der Waals surface area (Å²) in [5.41, 5.74) is 4.07. The Morgan fingerprint density at radius 3 is 2.31 bits per heavy atom. The first-order chi connectivity index (χ1) is 17.0. The van der Waals surface area contributed by atoms with Crippen LogP contribution in [0.15, 0.2) is 65.6 Å². The fourth-order valence-corrected chi connectivity index (χ4v) is 4.98. The number of methoxy groups -OCH3 is 1. The van der Waals surface area contributed by atoms with Crippen molar-refractivity contribution in [2.24, 2.45) is 0 Å². The highest BCUT2D eigenvalue weighted by Gasteiger charge is 2.24. The molecule has 0 unspecified atom stereocenters. The van der Waals surface area contributed by atoms with Crippen LogP contribution < -0.4 is 19.5 Å². The first-order valence-corrected chi connectivity index (χ1v) is 13.7. The van der Waals surface area contributed by atoms with Gasteiger partial charge in [0.1, 0.15) is 11.4 Å². The van der Waals surface area contributed by atoms with Gasteiger partial charge in [-0.25, -0.2) is 9.52 Å². The Morgan fingerprint density at radius 2 is 1.72 bits per heavy atom. The van der Waals surface area contributed by atoms with E-state index in [4.69, 9.17) is 9.47 Å². The lowest BCUT2D eigenvalue weighted by atomic mass is 10.1. The molecule has 1 heterocycles. The number of allylic oxidation sites excluding steroid dienone is 1. The summed E-state index contributed by atoms with van der Waals surface area (Å²) in [6.45, 7) is 4.97. The van der Waals surface area contributed by atoms with Crippen LogP contribution in [0.5, 0.6) is 5.75 Å². The van der Waals surface area contributed by atoms with Crippen LogP contribution in [-0.2, 0) is 14.9 Å². The van der Waals surface area contributed by atoms with Crippen molar-refractivity contribution in [2.45, 2.75) is 39.2 Å². The summed E-state index contributed by atoms with van der Waals surface area (Å²) in [7, 11) is -2.64. The molecule has 0 aliphatic heterocycles. The van der Waals surface area contributed by atoms with Gasteiger partial charge in [0.25, 0.3) is 0 Å². The monoisotopic (exact) mass is 527 g/mol. The number of hydrogen-bond acceptors (Lipinski definition) is 7. The minimum absolute atomic E-state index is 0.290. The second-order valence-corrected chi connectivity index (χ2v) is 11.6. The standard InChI is InChI=1S/C26H29N3O5S2/c1-26(2,3)34-25(30)29-36(31,32)28-21-14-11-19(23-6-5-15-35-23)16-22(21)27-24(17-7-8-17)18-9-12-20(33-4)13-10-18/h5-6,9-16,27-28H,7-8H2,1-4H3,(H,29,30). The Hall–Kier alpha value is -3.50. The molecule has 36 heavy (non-hydrogen) atoms. The molecule has 0 spiro atoms. The lowest BCUT2D eigenvalue weighted by Gasteiger charge is -2.21. The van der Waals surface area contributed by atoms with Gasteiger partial charge in [0.2, 0.25) is 0 Å². The summed E-state index contributed by atoms with van der Waals surface area (Å²) in [5.74, 6) is 0.750. The maximum absolute atomic E-state index is 12.8. The fourth-order valence-electron chi connectivity index (χ4n) is 3.48. The van der Waals surface area contributed by atoms with Crippen LogP contribution in [0.3, 0.4) is 0 Å². The van der Waals surface area contributed by atoms with Crippen LogP contribution in [0.25, 0.3) is 16.1 Å². The molecule has 3 aromatic rings. The molecule has 10 heteroatoms. The third kappa shape index (κ3) is 6.79. The van der Waals surface area contributed by atoms with Gasteiger partial charge in [-0.2, -0.15) is 8.42 Å². The van der Waals surface area contributed by atoms with Crippen molar-refractivity contribution in [3.05, 3.63) is 71.1 Å². The van der Waals surface area contributed by atoms with E-state index in [0.717, 1.165) is 40.3 Å². The summed E-state index contributed by atoms with van der Waals surface area (Å²) in [6.07, 6.45) is 0.860. The Balaban J connectivity index is 1.66. The van der Waals surface area contributed by atoms with Crippen molar-refractivity contribution in [1.29, 1.82) is 0 Å². The zero-order valence-electron chi connectivity index (χ0n) is 20.5. The normalized spacial score (nSPS) is 13.1. The molecule has 0 saturated heterocycles. The molecule has 0 atom stereocenters. The average Bonchev–Trinajstić information content (AvgIpc) is 3.49. The number of benzene rings is 2. The van der Waals surface area contributed by atoms with Crippen molar-refractivity contribution in [3.8, 4) is 16.2 Å². The van der Waals surface area contributed by atoms with Crippen LogP contribution in [0, 0.1) is 0 Å². The van der Waals surface area contributed by atoms with Gasteiger partial charge in [-0.1, -0.05) is 12.1 Å². The first kappa shape index (κ1) is 25.6. The van der Waals surface area contributed by atoms with E-state index >= 15 is 0 Å². The van der Waals surface area contributed by atoms with E-state index in [1.165, 1.54) is 5.57 Å². The van der Waals surface area contributed by atoms with Gasteiger partial charge >= 0.3 is 16.3 Å². The molecule has 190 valence electrons. The number of anilines is 2. The summed E-state index contributed by atoms with van der Waals surface area (Å²) in [6, 6.07) is 17.1. The SMILES string of the molecule is COc1ccc(C(Nc2cc(-c3cccs3)ccc2NS(=O)(=O)NC(=O)OC(C)(C)C)=C2CC2)cc1. The predicted octanol–water partition coefficient (Wildman–Crippen LogP) is 6.22. The minimum Gasteiger partial charge on any atom is -0.497 e. The zero-order chi connectivity index (χ0) is 25.9. The number of thiophene rings is 1. The van der Waals surface area contributed by atoms with Gasteiger partial charge in [-0.15, -0.1) is 11.3 Å². The number of amides is 1. The van der Waals surface area contributed by atoms with E-state index in [2.05, 4.69) is 10.0 Å². The van der Waals surface area contributed by atoms with E-state index in [9.17, 15) is 13.2 Å². The van der Waals surface area contributed by atoms with E-state index in [1.807, 2.05) is 58.6 Å². The Bertz CT molecular complexity index is 1370. The molecule has 0 radical (unpaired) electrons. The van der Waals surface area contributed by atoms with Crippen molar-refractivity contribution in [2.75, 3.05) is 17.1 Å². The van der Waals surface area contributed by atoms with Crippen LogP contribution in [0.4, 0.5) is 16.2 Å². The molecule has 0 bridgehead atoms. The number of nitrogens with one attached hydrogen (secondary N) is 3. The quantitative estimate of drug-likeness (QED) is 0.321. The fraction of sp³-hybridized carbons (Fsp3) is 0.269. The Morgan fingerprint density at radius 1 is 1.00 bits per heavy atom. The average molecular weight is 528 g/mol. The Labute approximate surface area is 215 Å². The molecule has 3 N–H and O–H groups in total. The number of ether oxygens (including phenoxy) is 2. The zero-order valence-corrected chi connectivity index (χ0v) is 22.2. The molecular formula is C26H29N3O5S2. The Kier molecular flexibility index (Phi) is 7.28. The maximum atomic E-state index is 12.8. The molecule has 2 aromatic carbocycles. The smallest absolute Gasteiger partial charge is 0.422 e. The van der Waals surface area contributed by atoms with Gasteiger partial charge in [0, 0.05) is 10.6 Å². The summed E-state index contributed by atoms with van der Waals surface area (Å²) >= 11 is 1.59. The molecule has 1 aliphatic carbocycles. The third-order valence-corrected chi connectivity index (χ3v) is 7.02. The highest BCUT2D eigenvalue weighted by atomic mass is 32.2. The van der Waals surface area contributed by atoms with E-state index in [0.29, 0.717) is 11.4 Å². The molecular weight excluding hydrogens is 498 g/mol. The van der Waals surface area contributed by atoms with Gasteiger partial charge in [0.05, 0.1) is 18.5 Å². The van der Waals surface area contributed by atoms with Gasteiger partial charge in [-0.3, -0.25) is 4.72 Å². The van der Waals surface area contributed by atoms with Crippen LogP contribution in [-0.4, -0.2) is 27.2 Å². The lowest BCUT2D eigenvalue weighted by molar-refractivity contribution is 0.0570. The maximum Gasteiger partial charge on any atom is 0.422 e. The number of hydrogen-bond donors (Lipinski definition) is 3. The number of rotatable bonds is 8. The predicted molar refractivity (Wildman–Crippen MR) is 144 cm³/mol. The van der Waals surface area contributed by atoms with E-state index in [1.54, 1.807) is 45.3 Å². The van der Waals surface area contributed by atoms with Gasteiger partial charge in [-0.05, 0) is 98.2 Å². The highest BCUT2D eigenvalue weighted by molar-refractivity contribution is 7.91. The van der Waals surface area contributed by atoms with Crippen LogP contribution in [0.2, 0.25) is 0 Å². The van der Waals surface area contributed by atoms with Crippen molar-refractivity contribution < 1.29 is 22.7 Å². The summed E-state index contributed by atoms with van der Waals surface area (Å²) in [5, 5.41) is 5.44. The second-order valence-electron chi connectivity index (χ2n) is 9.28. The highest BCUT2D eigenvalue weighted by Crippen LogP contribution is 2.40. The minimum atomic E-state index is -4.25. The topological polar surface area (TPSA) is 106 Å². The molecule has 1 saturated carbocycles. The summed E-state index contributed by atoms with van der Waals surface area (Å²) in [4.78, 5) is 13.1. The van der Waals surface area contributed by atoms with Crippen LogP contribution in [0.1, 0.15) is 39.2 Å². The van der Waals surface area contributed by atoms with E-state index < -0.39 is 21.9 Å². The van der Waals surface area contributed by atoms with Crippen molar-refractivity contribution in [1.82, 2.24) is 4.72 Å². The number of carbonyl (C=O) groups is 1. The van der Waals surface area contributed by atoms with Gasteiger partial charge in [0.15, 0.2) is 0 Å². The molecule has 1 amide bonds. The lowest BCUT2D eigenvalue weighted by Crippen LogP contribution is -2.39. The molecule has 8 nitrogen and oxygen atoms in total. The molecule has 1 aliphatic rings. The number of carbonyl (C=O) groups excluding carboxylic acids is 1. The van der Waals surface area contributed by atoms with Crippen molar-refractivity contribution >= 4 is 44.7 Å². The molecule has 1 fully saturated rings. The largest absolute Gasteiger partial charge is 0.497 e. The summed E-state index contributed by atoms with van der Waals surface area (Å²) < 4.78 is 40.3. The van der Waals surface area contributed by atoms with Gasteiger partial charge < -0.3 is 14.8 Å². The van der Waals surface area contributed by atoms with Crippen molar-refractivity contribution in [3.63, 3.8) is 0 Å². The third-order valence-electron chi connectivity index (χ3n) is 5.18. The molecule has 4 rings (SSSR count). The first-order valence-electron chi connectivity index (χ1n) is 11.4. The van der Waals surface area contributed by atoms with Crippen LogP contribution >= 0.6 is 11.3 Å². The molecule has 1 aromatic heterocycles. The second kappa shape index (κ2) is 10.2. The van der Waals surface area contributed by atoms with E-state index in [-0.39, 0.29) is 0 Å².